The smallest absolute Gasteiger partial charge is 0.178 e. The molecule has 4 heteroatoms. The molecular weight excluding hydrogens is 488 g/mol. The van der Waals surface area contributed by atoms with Crippen molar-refractivity contribution in [2.24, 2.45) is 5.41 Å². The van der Waals surface area contributed by atoms with E-state index in [1.54, 1.807) is 0 Å². The van der Waals surface area contributed by atoms with E-state index in [0.717, 1.165) is 43.7 Å². The summed E-state index contributed by atoms with van der Waals surface area (Å²) in [5.74, 6) is 2.38. The van der Waals surface area contributed by atoms with Crippen molar-refractivity contribution in [3.63, 3.8) is 0 Å². The zero-order valence-electron chi connectivity index (χ0n) is 24.9. The molecule has 0 radical (unpaired) electrons. The van der Waals surface area contributed by atoms with Crippen LogP contribution in [-0.2, 0) is 19.3 Å². The molecule has 0 N–H and O–H groups in total. The minimum absolute atomic E-state index is 0.0567. The van der Waals surface area contributed by atoms with Crippen LogP contribution in [0.4, 0.5) is 23.0 Å². The van der Waals surface area contributed by atoms with Crippen molar-refractivity contribution in [2.45, 2.75) is 85.7 Å². The summed E-state index contributed by atoms with van der Waals surface area (Å²) in [5.41, 5.74) is 10.8. The fraction of sp³-hybridized carbons (Fsp3) is 0.389. The minimum atomic E-state index is 0.0567. The van der Waals surface area contributed by atoms with E-state index >= 15 is 0 Å². The second kappa shape index (κ2) is 10.4. The highest BCUT2D eigenvalue weighted by Crippen LogP contribution is 2.58. The Morgan fingerprint density at radius 3 is 2.10 bits per heavy atom. The van der Waals surface area contributed by atoms with Gasteiger partial charge >= 0.3 is 0 Å². The van der Waals surface area contributed by atoms with Gasteiger partial charge < -0.3 is 9.80 Å². The highest BCUT2D eigenvalue weighted by atomic mass is 15.5. The van der Waals surface area contributed by atoms with E-state index < -0.39 is 0 Å². The molecule has 6 rings (SSSR count). The van der Waals surface area contributed by atoms with Gasteiger partial charge in [0.15, 0.2) is 11.6 Å². The lowest BCUT2D eigenvalue weighted by atomic mass is 9.70. The first-order chi connectivity index (χ1) is 19.5. The van der Waals surface area contributed by atoms with Crippen molar-refractivity contribution < 1.29 is 0 Å². The third kappa shape index (κ3) is 4.03. The predicted molar refractivity (Wildman–Crippen MR) is 168 cm³/mol. The van der Waals surface area contributed by atoms with Crippen LogP contribution in [0.3, 0.4) is 0 Å². The molecule has 0 fully saturated rings. The topological polar surface area (TPSA) is 32.3 Å². The van der Waals surface area contributed by atoms with E-state index in [1.807, 2.05) is 12.4 Å². The van der Waals surface area contributed by atoms with Crippen molar-refractivity contribution in [3.8, 4) is 11.1 Å². The van der Waals surface area contributed by atoms with Gasteiger partial charge in [0.2, 0.25) is 0 Å². The Kier molecular flexibility index (Phi) is 6.90. The number of hydrogen-bond donors (Lipinski definition) is 0. The largest absolute Gasteiger partial charge is 0.301 e. The third-order valence-corrected chi connectivity index (χ3v) is 9.54. The van der Waals surface area contributed by atoms with E-state index in [9.17, 15) is 0 Å². The summed E-state index contributed by atoms with van der Waals surface area (Å²) in [6.45, 7) is 13.8. The van der Waals surface area contributed by atoms with Gasteiger partial charge in [-0.15, -0.1) is 0 Å². The van der Waals surface area contributed by atoms with Crippen LogP contribution in [0.5, 0.6) is 0 Å². The maximum absolute atomic E-state index is 5.00. The molecule has 0 aliphatic carbocycles. The van der Waals surface area contributed by atoms with Gasteiger partial charge in [-0.1, -0.05) is 84.0 Å². The summed E-state index contributed by atoms with van der Waals surface area (Å²) in [6.07, 6.45) is 9.07. The lowest BCUT2D eigenvalue weighted by molar-refractivity contribution is 0.197. The van der Waals surface area contributed by atoms with Crippen LogP contribution in [0.1, 0.15) is 82.6 Å². The number of hydrogen-bond acceptors (Lipinski definition) is 4. The molecule has 3 aromatic carbocycles. The monoisotopic (exact) mass is 530 g/mol. The third-order valence-electron chi connectivity index (χ3n) is 9.54. The molecule has 0 saturated heterocycles. The number of nitrogens with zero attached hydrogens (tertiary/aromatic N) is 4. The molecule has 2 aliphatic rings. The van der Waals surface area contributed by atoms with Crippen LogP contribution < -0.4 is 9.80 Å². The van der Waals surface area contributed by atoms with Crippen molar-refractivity contribution in [1.29, 1.82) is 0 Å². The minimum Gasteiger partial charge on any atom is -0.301 e. The van der Waals surface area contributed by atoms with Gasteiger partial charge in [0.1, 0.15) is 6.17 Å². The average Bonchev–Trinajstić information content (AvgIpc) is 3.36. The standard InChI is InChI=1S/C36H42N4/c1-7-25-15-17-28(18-16-25)39-33-34(38-20-19-37-33)40-32-22-31(30-14-12-11-13-29(30)24(5)6)26(8-2)21-27(32)23-36(9-3,10-4)35(39)40/h11-22,24,35H,7-10,23H2,1-6H3. The number of aromatic nitrogens is 2. The van der Waals surface area contributed by atoms with Crippen LogP contribution in [0.2, 0.25) is 0 Å². The van der Waals surface area contributed by atoms with Crippen molar-refractivity contribution in [3.05, 3.63) is 95.3 Å². The van der Waals surface area contributed by atoms with E-state index in [-0.39, 0.29) is 11.6 Å². The second-order valence-electron chi connectivity index (χ2n) is 11.8. The molecular formula is C36H42N4. The zero-order valence-corrected chi connectivity index (χ0v) is 24.9. The van der Waals surface area contributed by atoms with Crippen LogP contribution >= 0.6 is 0 Å². The van der Waals surface area contributed by atoms with E-state index in [2.05, 4.69) is 112 Å². The maximum Gasteiger partial charge on any atom is 0.178 e. The van der Waals surface area contributed by atoms with Gasteiger partial charge in [-0.05, 0) is 89.6 Å². The van der Waals surface area contributed by atoms with Gasteiger partial charge in [0.25, 0.3) is 0 Å². The Morgan fingerprint density at radius 2 is 1.48 bits per heavy atom. The van der Waals surface area contributed by atoms with Gasteiger partial charge in [-0.3, -0.25) is 0 Å². The summed E-state index contributed by atoms with van der Waals surface area (Å²) >= 11 is 0. The van der Waals surface area contributed by atoms with Crippen LogP contribution in [0, 0.1) is 5.41 Å². The lowest BCUT2D eigenvalue weighted by Gasteiger charge is -2.50. The lowest BCUT2D eigenvalue weighted by Crippen LogP contribution is -2.55. The van der Waals surface area contributed by atoms with Crippen molar-refractivity contribution in [2.75, 3.05) is 9.80 Å². The summed E-state index contributed by atoms with van der Waals surface area (Å²) in [4.78, 5) is 15.0. The van der Waals surface area contributed by atoms with E-state index in [0.29, 0.717) is 5.92 Å². The van der Waals surface area contributed by atoms with Crippen LogP contribution in [-0.4, -0.2) is 16.1 Å². The Bertz CT molecular complexity index is 1520. The molecule has 0 spiro atoms. The van der Waals surface area contributed by atoms with Crippen molar-refractivity contribution >= 4 is 23.0 Å². The van der Waals surface area contributed by atoms with Gasteiger partial charge in [0, 0.05) is 29.2 Å². The molecule has 206 valence electrons. The molecule has 4 nitrogen and oxygen atoms in total. The van der Waals surface area contributed by atoms with Crippen LogP contribution in [0.15, 0.2) is 73.1 Å². The molecule has 0 amide bonds. The van der Waals surface area contributed by atoms with Gasteiger partial charge in [0.05, 0.1) is 0 Å². The Morgan fingerprint density at radius 1 is 0.800 bits per heavy atom. The molecule has 3 heterocycles. The molecule has 1 aromatic heterocycles. The summed E-state index contributed by atoms with van der Waals surface area (Å²) < 4.78 is 0. The number of aryl methyl sites for hydroxylation is 2. The maximum atomic E-state index is 5.00. The van der Waals surface area contributed by atoms with E-state index in [1.165, 1.54) is 44.8 Å². The molecule has 40 heavy (non-hydrogen) atoms. The first kappa shape index (κ1) is 26.6. The molecule has 0 bridgehead atoms. The second-order valence-corrected chi connectivity index (χ2v) is 11.8. The predicted octanol–water partition coefficient (Wildman–Crippen LogP) is 9.37. The first-order valence-electron chi connectivity index (χ1n) is 15.2. The molecule has 2 aliphatic heterocycles. The van der Waals surface area contributed by atoms with Gasteiger partial charge in [-0.25, -0.2) is 9.97 Å². The quantitative estimate of drug-likeness (QED) is 0.238. The Balaban J connectivity index is 1.61. The molecule has 0 saturated carbocycles. The van der Waals surface area contributed by atoms with E-state index in [4.69, 9.17) is 9.97 Å². The summed E-state index contributed by atoms with van der Waals surface area (Å²) in [6, 6.07) is 23.0. The number of benzene rings is 3. The van der Waals surface area contributed by atoms with Crippen molar-refractivity contribution in [1.82, 2.24) is 9.97 Å². The Labute approximate surface area is 240 Å². The molecule has 4 aromatic rings. The fourth-order valence-corrected chi connectivity index (χ4v) is 7.13. The number of anilines is 4. The normalized spacial score (nSPS) is 17.1. The average molecular weight is 531 g/mol. The molecule has 1 unspecified atom stereocenters. The highest BCUT2D eigenvalue weighted by molar-refractivity contribution is 5.88. The number of fused-ring (bicyclic) bond motifs is 5. The zero-order chi connectivity index (χ0) is 28.0. The van der Waals surface area contributed by atoms with Gasteiger partial charge in [-0.2, -0.15) is 0 Å². The highest BCUT2D eigenvalue weighted by Gasteiger charge is 2.54. The SMILES string of the molecule is CCc1ccc(N2c3nccnc3N3c4cc(-c5ccccc5C(C)C)c(CC)cc4CC(CC)(CC)C23)cc1. The number of rotatable bonds is 7. The summed E-state index contributed by atoms with van der Waals surface area (Å²) in [7, 11) is 0. The Hall–Kier alpha value is -3.66. The summed E-state index contributed by atoms with van der Waals surface area (Å²) in [5, 5.41) is 0. The van der Waals surface area contributed by atoms with Crippen LogP contribution in [0.25, 0.3) is 11.1 Å². The fourth-order valence-electron chi connectivity index (χ4n) is 7.13. The molecule has 1 atom stereocenters. The first-order valence-corrected chi connectivity index (χ1v) is 15.2.